The first kappa shape index (κ1) is 20.7. The zero-order chi connectivity index (χ0) is 20.1. The Morgan fingerprint density at radius 1 is 1.18 bits per heavy atom. The summed E-state index contributed by atoms with van der Waals surface area (Å²) < 4.78 is 6.69. The predicted octanol–water partition coefficient (Wildman–Crippen LogP) is 3.59. The number of hydrogen-bond donors (Lipinski definition) is 1. The molecule has 0 aromatic heterocycles. The third-order valence-corrected chi connectivity index (χ3v) is 5.67. The van der Waals surface area contributed by atoms with Gasteiger partial charge in [0.15, 0.2) is 6.10 Å². The smallest absolute Gasteiger partial charge is 0.261 e. The van der Waals surface area contributed by atoms with Gasteiger partial charge in [-0.05, 0) is 66.2 Å². The molecular weight excluding hydrogens is 418 g/mol. The lowest BCUT2D eigenvalue weighted by atomic mass is 10.1. The minimum Gasteiger partial charge on any atom is -0.480 e. The number of piperazine rings is 1. The van der Waals surface area contributed by atoms with Crippen molar-refractivity contribution >= 4 is 27.5 Å². The Kier molecular flexibility index (Phi) is 6.97. The summed E-state index contributed by atoms with van der Waals surface area (Å²) >= 11 is 3.49. The fourth-order valence-electron chi connectivity index (χ4n) is 3.29. The topological polar surface area (TPSA) is 44.8 Å². The van der Waals surface area contributed by atoms with Gasteiger partial charge < -0.3 is 19.9 Å². The molecule has 1 aliphatic heterocycles. The Balaban J connectivity index is 1.60. The van der Waals surface area contributed by atoms with Gasteiger partial charge in [-0.25, -0.2) is 0 Å². The minimum atomic E-state index is -0.574. The molecule has 0 spiro atoms. The number of benzene rings is 2. The first-order chi connectivity index (χ1) is 13.4. The normalized spacial score (nSPS) is 15.9. The van der Waals surface area contributed by atoms with Crippen LogP contribution in [0, 0.1) is 6.92 Å². The van der Waals surface area contributed by atoms with Crippen LogP contribution in [0.15, 0.2) is 46.9 Å². The SMILES string of the molecule is Cc1ccc(OC(C)C(=O)NCc2ccccc2N2CCN(C)CC2)c(Br)c1. The van der Waals surface area contributed by atoms with Gasteiger partial charge in [0.1, 0.15) is 5.75 Å². The van der Waals surface area contributed by atoms with Crippen LogP contribution in [0.3, 0.4) is 0 Å². The molecule has 3 rings (SSSR count). The molecule has 150 valence electrons. The molecule has 2 aromatic rings. The third kappa shape index (κ3) is 5.26. The first-order valence-electron chi connectivity index (χ1n) is 9.66. The highest BCUT2D eigenvalue weighted by atomic mass is 79.9. The maximum atomic E-state index is 12.6. The number of likely N-dealkylation sites (N-methyl/N-ethyl adjacent to an activating group) is 1. The monoisotopic (exact) mass is 445 g/mol. The number of rotatable bonds is 6. The Hall–Kier alpha value is -2.05. The van der Waals surface area contributed by atoms with E-state index in [1.165, 1.54) is 5.69 Å². The van der Waals surface area contributed by atoms with Crippen molar-refractivity contribution in [3.63, 3.8) is 0 Å². The molecule has 1 amide bonds. The van der Waals surface area contributed by atoms with E-state index in [0.717, 1.165) is 41.8 Å². The summed E-state index contributed by atoms with van der Waals surface area (Å²) in [5.41, 5.74) is 3.46. The second kappa shape index (κ2) is 9.43. The lowest BCUT2D eigenvalue weighted by molar-refractivity contribution is -0.127. The van der Waals surface area contributed by atoms with Crippen LogP contribution in [-0.2, 0) is 11.3 Å². The van der Waals surface area contributed by atoms with Crippen LogP contribution < -0.4 is 15.0 Å². The van der Waals surface area contributed by atoms with E-state index in [1.807, 2.05) is 31.2 Å². The van der Waals surface area contributed by atoms with Gasteiger partial charge >= 0.3 is 0 Å². The van der Waals surface area contributed by atoms with Crippen molar-refractivity contribution in [2.45, 2.75) is 26.5 Å². The van der Waals surface area contributed by atoms with E-state index >= 15 is 0 Å². The van der Waals surface area contributed by atoms with Gasteiger partial charge in [-0.15, -0.1) is 0 Å². The molecule has 28 heavy (non-hydrogen) atoms. The van der Waals surface area contributed by atoms with Crippen molar-refractivity contribution in [1.82, 2.24) is 10.2 Å². The Morgan fingerprint density at radius 2 is 1.89 bits per heavy atom. The largest absolute Gasteiger partial charge is 0.480 e. The highest BCUT2D eigenvalue weighted by Gasteiger charge is 2.19. The standard InChI is InChI=1S/C22H28BrN3O2/c1-16-8-9-21(19(23)14-16)28-17(2)22(27)24-15-18-6-4-5-7-20(18)26-12-10-25(3)11-13-26/h4-9,14,17H,10-13,15H2,1-3H3,(H,24,27). The van der Waals surface area contributed by atoms with Crippen molar-refractivity contribution in [1.29, 1.82) is 0 Å². The molecule has 5 nitrogen and oxygen atoms in total. The van der Waals surface area contributed by atoms with E-state index in [1.54, 1.807) is 6.92 Å². The number of hydrogen-bond acceptors (Lipinski definition) is 4. The van der Waals surface area contributed by atoms with Gasteiger partial charge in [0, 0.05) is 38.4 Å². The molecule has 0 radical (unpaired) electrons. The van der Waals surface area contributed by atoms with E-state index in [9.17, 15) is 4.79 Å². The van der Waals surface area contributed by atoms with Crippen molar-refractivity contribution in [2.24, 2.45) is 0 Å². The molecular formula is C22H28BrN3O2. The number of nitrogens with zero attached hydrogens (tertiary/aromatic N) is 2. The molecule has 0 bridgehead atoms. The van der Waals surface area contributed by atoms with Crippen LogP contribution in [0.1, 0.15) is 18.1 Å². The second-order valence-electron chi connectivity index (χ2n) is 7.33. The van der Waals surface area contributed by atoms with Crippen molar-refractivity contribution < 1.29 is 9.53 Å². The van der Waals surface area contributed by atoms with Crippen LogP contribution in [0.2, 0.25) is 0 Å². The highest BCUT2D eigenvalue weighted by Crippen LogP contribution is 2.27. The van der Waals surface area contributed by atoms with Crippen molar-refractivity contribution in [3.8, 4) is 5.75 Å². The maximum Gasteiger partial charge on any atom is 0.261 e. The average Bonchev–Trinajstić information content (AvgIpc) is 2.69. The van der Waals surface area contributed by atoms with Crippen LogP contribution in [0.4, 0.5) is 5.69 Å². The third-order valence-electron chi connectivity index (χ3n) is 5.05. The number of anilines is 1. The van der Waals surface area contributed by atoms with Crippen molar-refractivity contribution in [2.75, 3.05) is 38.1 Å². The fourth-order valence-corrected chi connectivity index (χ4v) is 3.87. The molecule has 1 saturated heterocycles. The van der Waals surface area contributed by atoms with E-state index in [-0.39, 0.29) is 5.91 Å². The van der Waals surface area contributed by atoms with Gasteiger partial charge in [-0.2, -0.15) is 0 Å². The molecule has 1 N–H and O–H groups in total. The van der Waals surface area contributed by atoms with Gasteiger partial charge in [0.05, 0.1) is 4.47 Å². The first-order valence-corrected chi connectivity index (χ1v) is 10.5. The summed E-state index contributed by atoms with van der Waals surface area (Å²) in [5, 5.41) is 3.02. The summed E-state index contributed by atoms with van der Waals surface area (Å²) in [5.74, 6) is 0.548. The quantitative estimate of drug-likeness (QED) is 0.737. The van der Waals surface area contributed by atoms with Gasteiger partial charge in [-0.3, -0.25) is 4.79 Å². The number of para-hydroxylation sites is 1. The van der Waals surface area contributed by atoms with Crippen molar-refractivity contribution in [3.05, 3.63) is 58.1 Å². The number of amides is 1. The van der Waals surface area contributed by atoms with Crippen LogP contribution in [-0.4, -0.2) is 50.1 Å². The lowest BCUT2D eigenvalue weighted by Crippen LogP contribution is -2.45. The Labute approximate surface area is 175 Å². The summed E-state index contributed by atoms with van der Waals surface area (Å²) in [6.07, 6.45) is -0.574. The number of ether oxygens (including phenoxy) is 1. The van der Waals surface area contributed by atoms with Crippen LogP contribution in [0.5, 0.6) is 5.75 Å². The Morgan fingerprint density at radius 3 is 2.61 bits per heavy atom. The lowest BCUT2D eigenvalue weighted by Gasteiger charge is -2.35. The Bertz CT molecular complexity index is 819. The molecule has 1 unspecified atom stereocenters. The summed E-state index contributed by atoms with van der Waals surface area (Å²) in [4.78, 5) is 17.3. The molecule has 1 fully saturated rings. The summed E-state index contributed by atoms with van der Waals surface area (Å²) in [6.45, 7) is 8.39. The predicted molar refractivity (Wildman–Crippen MR) is 117 cm³/mol. The summed E-state index contributed by atoms with van der Waals surface area (Å²) in [7, 11) is 2.15. The van der Waals surface area contributed by atoms with E-state index in [4.69, 9.17) is 4.74 Å². The van der Waals surface area contributed by atoms with Crippen LogP contribution in [0.25, 0.3) is 0 Å². The molecule has 2 aromatic carbocycles. The molecule has 0 saturated carbocycles. The van der Waals surface area contributed by atoms with E-state index in [2.05, 4.69) is 56.3 Å². The molecule has 0 aliphatic carbocycles. The van der Waals surface area contributed by atoms with Crippen LogP contribution >= 0.6 is 15.9 Å². The minimum absolute atomic E-state index is 0.124. The number of halogens is 1. The number of aryl methyl sites for hydroxylation is 1. The molecule has 1 atom stereocenters. The van der Waals surface area contributed by atoms with Gasteiger partial charge in [0.2, 0.25) is 0 Å². The number of carbonyl (C=O) groups excluding carboxylic acids is 1. The van der Waals surface area contributed by atoms with Gasteiger partial charge in [-0.1, -0.05) is 24.3 Å². The fraction of sp³-hybridized carbons (Fsp3) is 0.409. The molecule has 6 heteroatoms. The van der Waals surface area contributed by atoms with Gasteiger partial charge in [0.25, 0.3) is 5.91 Å². The highest BCUT2D eigenvalue weighted by molar-refractivity contribution is 9.10. The zero-order valence-corrected chi connectivity index (χ0v) is 18.3. The van der Waals surface area contributed by atoms with E-state index < -0.39 is 6.10 Å². The molecule has 1 aliphatic rings. The van der Waals surface area contributed by atoms with E-state index in [0.29, 0.717) is 12.3 Å². The maximum absolute atomic E-state index is 12.6. The number of carbonyl (C=O) groups is 1. The second-order valence-corrected chi connectivity index (χ2v) is 8.19. The molecule has 1 heterocycles. The summed E-state index contributed by atoms with van der Waals surface area (Å²) in [6, 6.07) is 14.1. The number of nitrogens with one attached hydrogen (secondary N) is 1. The average molecular weight is 446 g/mol. The zero-order valence-electron chi connectivity index (χ0n) is 16.7.